The number of hydrogen-bond donors (Lipinski definition) is 1. The second-order valence-corrected chi connectivity index (χ2v) is 5.06. The van der Waals surface area contributed by atoms with Crippen LogP contribution in [0.3, 0.4) is 0 Å². The van der Waals surface area contributed by atoms with E-state index in [1.807, 2.05) is 51.1 Å². The molecule has 1 aromatic rings. The van der Waals surface area contributed by atoms with Gasteiger partial charge < -0.3 is 9.84 Å². The minimum Gasteiger partial charge on any atom is -0.481 e. The van der Waals surface area contributed by atoms with Gasteiger partial charge in [0.15, 0.2) is 0 Å². The zero-order valence-corrected chi connectivity index (χ0v) is 10.6. The molecule has 0 bridgehead atoms. The number of benzene rings is 1. The molecule has 3 nitrogen and oxygen atoms in total. The minimum atomic E-state index is -0.788. The van der Waals surface area contributed by atoms with E-state index in [2.05, 4.69) is 0 Å². The third-order valence-corrected chi connectivity index (χ3v) is 2.29. The Bertz CT molecular complexity index is 351. The van der Waals surface area contributed by atoms with E-state index in [0.717, 1.165) is 5.56 Å². The Balaban J connectivity index is 2.75. The van der Waals surface area contributed by atoms with Gasteiger partial charge in [0.2, 0.25) is 0 Å². The maximum atomic E-state index is 10.6. The van der Waals surface area contributed by atoms with Crippen LogP contribution in [-0.2, 0) is 9.53 Å². The Hall–Kier alpha value is -1.35. The van der Waals surface area contributed by atoms with Crippen LogP contribution in [0.25, 0.3) is 0 Å². The van der Waals surface area contributed by atoms with Crippen LogP contribution in [0.2, 0.25) is 0 Å². The summed E-state index contributed by atoms with van der Waals surface area (Å²) < 4.78 is 5.91. The molecule has 1 unspecified atom stereocenters. The number of carboxylic acids is 1. The predicted octanol–water partition coefficient (Wildman–Crippen LogP) is 3.41. The van der Waals surface area contributed by atoms with E-state index in [4.69, 9.17) is 9.84 Å². The van der Waals surface area contributed by atoms with Crippen LogP contribution >= 0.6 is 0 Å². The van der Waals surface area contributed by atoms with Crippen molar-refractivity contribution >= 4 is 5.97 Å². The Labute approximate surface area is 102 Å². The molecule has 0 saturated carbocycles. The van der Waals surface area contributed by atoms with Crippen molar-refractivity contribution in [3.63, 3.8) is 0 Å². The van der Waals surface area contributed by atoms with Gasteiger partial charge in [-0.25, -0.2) is 0 Å². The quantitative estimate of drug-likeness (QED) is 0.852. The molecule has 3 heteroatoms. The lowest BCUT2D eigenvalue weighted by atomic mass is 10.0. The van der Waals surface area contributed by atoms with Gasteiger partial charge in [0, 0.05) is 6.42 Å². The number of ether oxygens (including phenoxy) is 1. The average molecular weight is 236 g/mol. The molecule has 1 rings (SSSR count). The van der Waals surface area contributed by atoms with E-state index in [0.29, 0.717) is 6.42 Å². The van der Waals surface area contributed by atoms with Gasteiger partial charge >= 0.3 is 5.97 Å². The predicted molar refractivity (Wildman–Crippen MR) is 66.9 cm³/mol. The molecule has 0 aliphatic heterocycles. The normalized spacial score (nSPS) is 13.4. The Morgan fingerprint density at radius 1 is 1.29 bits per heavy atom. The van der Waals surface area contributed by atoms with Crippen LogP contribution in [0.15, 0.2) is 30.3 Å². The standard InChI is InChI=1S/C14H20O3/c1-14(2,3)17-12(9-10-13(15)16)11-7-5-4-6-8-11/h4-8,12H,9-10H2,1-3H3,(H,15,16). The summed E-state index contributed by atoms with van der Waals surface area (Å²) in [6.07, 6.45) is 0.457. The van der Waals surface area contributed by atoms with Crippen LogP contribution in [0.4, 0.5) is 0 Å². The second kappa shape index (κ2) is 5.82. The topological polar surface area (TPSA) is 46.5 Å². The third kappa shape index (κ3) is 5.50. The molecule has 0 aromatic heterocycles. The molecule has 94 valence electrons. The van der Waals surface area contributed by atoms with Crippen molar-refractivity contribution in [3.8, 4) is 0 Å². The SMILES string of the molecule is CC(C)(C)OC(CCC(=O)O)c1ccccc1. The first kappa shape index (κ1) is 13.7. The smallest absolute Gasteiger partial charge is 0.303 e. The molecule has 17 heavy (non-hydrogen) atoms. The molecule has 0 spiro atoms. The largest absolute Gasteiger partial charge is 0.481 e. The molecule has 0 aliphatic carbocycles. The van der Waals surface area contributed by atoms with E-state index >= 15 is 0 Å². The van der Waals surface area contributed by atoms with Gasteiger partial charge in [-0.1, -0.05) is 30.3 Å². The molecule has 1 aromatic carbocycles. The lowest BCUT2D eigenvalue weighted by Gasteiger charge is -2.27. The highest BCUT2D eigenvalue weighted by Gasteiger charge is 2.20. The maximum absolute atomic E-state index is 10.6. The summed E-state index contributed by atoms with van der Waals surface area (Å²) in [5, 5.41) is 8.75. The molecule has 0 radical (unpaired) electrons. The summed E-state index contributed by atoms with van der Waals surface area (Å²) in [4.78, 5) is 10.6. The molecule has 0 aliphatic rings. The fourth-order valence-electron chi connectivity index (χ4n) is 1.64. The van der Waals surface area contributed by atoms with Crippen LogP contribution in [0.1, 0.15) is 45.3 Å². The van der Waals surface area contributed by atoms with Crippen LogP contribution in [0.5, 0.6) is 0 Å². The van der Waals surface area contributed by atoms with E-state index in [1.54, 1.807) is 0 Å². The van der Waals surface area contributed by atoms with E-state index in [9.17, 15) is 4.79 Å². The van der Waals surface area contributed by atoms with Gasteiger partial charge in [-0.15, -0.1) is 0 Å². The van der Waals surface area contributed by atoms with Crippen molar-refractivity contribution in [2.75, 3.05) is 0 Å². The summed E-state index contributed by atoms with van der Waals surface area (Å²) in [5.41, 5.74) is 0.752. The summed E-state index contributed by atoms with van der Waals surface area (Å²) in [7, 11) is 0. The highest BCUT2D eigenvalue weighted by molar-refractivity contribution is 5.66. The van der Waals surface area contributed by atoms with Crippen molar-refractivity contribution in [2.24, 2.45) is 0 Å². The summed E-state index contributed by atoms with van der Waals surface area (Å²) >= 11 is 0. The first-order valence-corrected chi connectivity index (χ1v) is 5.83. The van der Waals surface area contributed by atoms with Crippen molar-refractivity contribution in [1.82, 2.24) is 0 Å². The number of carbonyl (C=O) groups is 1. The van der Waals surface area contributed by atoms with Gasteiger partial charge in [-0.2, -0.15) is 0 Å². The lowest BCUT2D eigenvalue weighted by Crippen LogP contribution is -2.23. The van der Waals surface area contributed by atoms with Gasteiger partial charge in [-0.05, 0) is 32.8 Å². The monoisotopic (exact) mass is 236 g/mol. The Kier molecular flexibility index (Phi) is 4.70. The fourth-order valence-corrected chi connectivity index (χ4v) is 1.64. The van der Waals surface area contributed by atoms with E-state index in [1.165, 1.54) is 0 Å². The number of carboxylic acid groups (broad SMARTS) is 1. The number of hydrogen-bond acceptors (Lipinski definition) is 2. The van der Waals surface area contributed by atoms with Gasteiger partial charge in [0.1, 0.15) is 0 Å². The fraction of sp³-hybridized carbons (Fsp3) is 0.500. The highest BCUT2D eigenvalue weighted by Crippen LogP contribution is 2.27. The molecule has 1 N–H and O–H groups in total. The Morgan fingerprint density at radius 3 is 2.35 bits per heavy atom. The van der Waals surface area contributed by atoms with Gasteiger partial charge in [0.05, 0.1) is 11.7 Å². The van der Waals surface area contributed by atoms with Crippen molar-refractivity contribution in [1.29, 1.82) is 0 Å². The first-order chi connectivity index (χ1) is 7.88. The summed E-state index contributed by atoms with van der Waals surface area (Å²) in [5.74, 6) is -0.788. The van der Waals surface area contributed by atoms with Crippen molar-refractivity contribution in [2.45, 2.75) is 45.3 Å². The minimum absolute atomic E-state index is 0.121. The molecular weight excluding hydrogens is 216 g/mol. The molecule has 1 atom stereocenters. The summed E-state index contributed by atoms with van der Waals surface area (Å²) in [6, 6.07) is 9.76. The summed E-state index contributed by atoms with van der Waals surface area (Å²) in [6.45, 7) is 5.93. The highest BCUT2D eigenvalue weighted by atomic mass is 16.5. The van der Waals surface area contributed by atoms with Gasteiger partial charge in [0.25, 0.3) is 0 Å². The molecule has 0 amide bonds. The zero-order valence-electron chi connectivity index (χ0n) is 10.6. The van der Waals surface area contributed by atoms with Crippen LogP contribution < -0.4 is 0 Å². The average Bonchev–Trinajstić information content (AvgIpc) is 2.24. The second-order valence-electron chi connectivity index (χ2n) is 5.06. The van der Waals surface area contributed by atoms with E-state index < -0.39 is 5.97 Å². The zero-order chi connectivity index (χ0) is 12.9. The van der Waals surface area contributed by atoms with Gasteiger partial charge in [-0.3, -0.25) is 4.79 Å². The lowest BCUT2D eigenvalue weighted by molar-refractivity contribution is -0.139. The third-order valence-electron chi connectivity index (χ3n) is 2.29. The molecular formula is C14H20O3. The molecule has 0 fully saturated rings. The van der Waals surface area contributed by atoms with Crippen molar-refractivity contribution < 1.29 is 14.6 Å². The van der Waals surface area contributed by atoms with Crippen molar-refractivity contribution in [3.05, 3.63) is 35.9 Å². The number of rotatable bonds is 5. The number of aliphatic carboxylic acids is 1. The Morgan fingerprint density at radius 2 is 1.88 bits per heavy atom. The first-order valence-electron chi connectivity index (χ1n) is 5.83. The van der Waals surface area contributed by atoms with Crippen LogP contribution in [-0.4, -0.2) is 16.7 Å². The molecule has 0 heterocycles. The van der Waals surface area contributed by atoms with E-state index in [-0.39, 0.29) is 18.1 Å². The van der Waals surface area contributed by atoms with Crippen LogP contribution in [0, 0.1) is 0 Å². The molecule has 0 saturated heterocycles. The maximum Gasteiger partial charge on any atom is 0.303 e.